The molecule has 0 radical (unpaired) electrons. The molecule has 2 aromatic carbocycles. The number of amides is 3. The van der Waals surface area contributed by atoms with E-state index in [2.05, 4.69) is 16.0 Å². The van der Waals surface area contributed by atoms with Crippen LogP contribution in [0.1, 0.15) is 39.7 Å². The van der Waals surface area contributed by atoms with Crippen LogP contribution in [0.15, 0.2) is 48.5 Å². The molecule has 34 heavy (non-hydrogen) atoms. The van der Waals surface area contributed by atoms with Crippen LogP contribution < -0.4 is 25.4 Å². The maximum Gasteiger partial charge on any atom is 0.407 e. The lowest BCUT2D eigenvalue weighted by Gasteiger charge is -2.19. The third-order valence-corrected chi connectivity index (χ3v) is 4.26. The maximum absolute atomic E-state index is 12.1. The molecular weight excluding hydrogens is 438 g/mol. The molecule has 0 spiro atoms. The summed E-state index contributed by atoms with van der Waals surface area (Å²) in [5.74, 6) is 0.611. The van der Waals surface area contributed by atoms with Crippen LogP contribution in [0.3, 0.4) is 0 Å². The second-order valence-corrected chi connectivity index (χ2v) is 8.37. The van der Waals surface area contributed by atoms with Crippen LogP contribution in [0.5, 0.6) is 11.5 Å². The highest BCUT2D eigenvalue weighted by molar-refractivity contribution is 5.91. The van der Waals surface area contributed by atoms with Crippen molar-refractivity contribution in [1.82, 2.24) is 10.6 Å². The number of carbonyl (C=O) groups excluding carboxylic acids is 3. The third kappa shape index (κ3) is 10.2. The SMILES string of the molecule is CCOc1ccccc1OCC(=O)NCc1ccc(NC(=O)CCNC(=O)OC(C)(C)C)cc1. The number of alkyl carbamates (subject to hydrolysis) is 1. The molecule has 0 bridgehead atoms. The normalized spacial score (nSPS) is 10.7. The predicted molar refractivity (Wildman–Crippen MR) is 129 cm³/mol. The fourth-order valence-electron chi connectivity index (χ4n) is 2.76. The number of hydrogen-bond donors (Lipinski definition) is 3. The van der Waals surface area contributed by atoms with E-state index in [9.17, 15) is 14.4 Å². The van der Waals surface area contributed by atoms with Crippen molar-refractivity contribution in [3.63, 3.8) is 0 Å². The fourth-order valence-corrected chi connectivity index (χ4v) is 2.76. The number of ether oxygens (including phenoxy) is 3. The molecule has 9 heteroatoms. The smallest absolute Gasteiger partial charge is 0.407 e. The van der Waals surface area contributed by atoms with E-state index < -0.39 is 11.7 Å². The number of carbonyl (C=O) groups is 3. The lowest BCUT2D eigenvalue weighted by atomic mass is 10.2. The zero-order chi connectivity index (χ0) is 25.0. The van der Waals surface area contributed by atoms with Crippen molar-refractivity contribution >= 4 is 23.6 Å². The highest BCUT2D eigenvalue weighted by Crippen LogP contribution is 2.26. The first-order valence-corrected chi connectivity index (χ1v) is 11.1. The molecule has 184 valence electrons. The van der Waals surface area contributed by atoms with Crippen molar-refractivity contribution in [3.8, 4) is 11.5 Å². The van der Waals surface area contributed by atoms with Crippen LogP contribution in [0, 0.1) is 0 Å². The van der Waals surface area contributed by atoms with Gasteiger partial charge in [0, 0.05) is 25.2 Å². The first kappa shape index (κ1) is 26.5. The van der Waals surface area contributed by atoms with Gasteiger partial charge in [-0.2, -0.15) is 0 Å². The van der Waals surface area contributed by atoms with Gasteiger partial charge in [0.05, 0.1) is 6.61 Å². The van der Waals surface area contributed by atoms with Gasteiger partial charge < -0.3 is 30.2 Å². The lowest BCUT2D eigenvalue weighted by Crippen LogP contribution is -2.34. The molecule has 0 atom stereocenters. The Morgan fingerprint density at radius 3 is 2.12 bits per heavy atom. The topological polar surface area (TPSA) is 115 Å². The summed E-state index contributed by atoms with van der Waals surface area (Å²) in [5, 5.41) is 8.09. The van der Waals surface area contributed by atoms with Gasteiger partial charge in [-0.3, -0.25) is 9.59 Å². The van der Waals surface area contributed by atoms with Crippen molar-refractivity contribution in [2.45, 2.75) is 46.3 Å². The van der Waals surface area contributed by atoms with Crippen LogP contribution in [0.4, 0.5) is 10.5 Å². The number of hydrogen-bond acceptors (Lipinski definition) is 6. The van der Waals surface area contributed by atoms with Gasteiger partial charge >= 0.3 is 6.09 Å². The molecule has 0 aliphatic rings. The molecule has 0 unspecified atom stereocenters. The van der Waals surface area contributed by atoms with Crippen molar-refractivity contribution in [2.24, 2.45) is 0 Å². The Hall–Kier alpha value is -3.75. The van der Waals surface area contributed by atoms with Crippen LogP contribution in [-0.2, 0) is 20.9 Å². The molecule has 0 aliphatic heterocycles. The predicted octanol–water partition coefficient (Wildman–Crippen LogP) is 3.63. The Labute approximate surface area is 200 Å². The van der Waals surface area contributed by atoms with Gasteiger partial charge in [-0.15, -0.1) is 0 Å². The van der Waals surface area contributed by atoms with Crippen LogP contribution in [0.2, 0.25) is 0 Å². The maximum atomic E-state index is 12.1. The highest BCUT2D eigenvalue weighted by atomic mass is 16.6. The molecular formula is C25H33N3O6. The lowest BCUT2D eigenvalue weighted by molar-refractivity contribution is -0.123. The van der Waals surface area contributed by atoms with Gasteiger partial charge in [0.1, 0.15) is 5.60 Å². The van der Waals surface area contributed by atoms with E-state index in [1.807, 2.05) is 19.1 Å². The van der Waals surface area contributed by atoms with Crippen molar-refractivity contribution in [3.05, 3.63) is 54.1 Å². The van der Waals surface area contributed by atoms with Gasteiger partial charge in [-0.1, -0.05) is 24.3 Å². The molecule has 0 heterocycles. The molecule has 0 fully saturated rings. The highest BCUT2D eigenvalue weighted by Gasteiger charge is 2.16. The first-order valence-electron chi connectivity index (χ1n) is 11.1. The Bertz CT molecular complexity index is 954. The number of para-hydroxylation sites is 2. The fraction of sp³-hybridized carbons (Fsp3) is 0.400. The minimum atomic E-state index is -0.588. The van der Waals surface area contributed by atoms with Crippen molar-refractivity contribution in [1.29, 1.82) is 0 Å². The Kier molecular flexibility index (Phi) is 10.2. The van der Waals surface area contributed by atoms with Crippen LogP contribution in [-0.4, -0.2) is 43.3 Å². The van der Waals surface area contributed by atoms with E-state index in [0.717, 1.165) is 5.56 Å². The molecule has 2 rings (SSSR count). The number of rotatable bonds is 11. The van der Waals surface area contributed by atoms with E-state index in [-0.39, 0.29) is 31.4 Å². The summed E-state index contributed by atoms with van der Waals surface area (Å²) in [6.07, 6.45) is -0.445. The van der Waals surface area contributed by atoms with E-state index >= 15 is 0 Å². The monoisotopic (exact) mass is 471 g/mol. The van der Waals surface area contributed by atoms with Crippen LogP contribution in [0.25, 0.3) is 0 Å². The average molecular weight is 472 g/mol. The molecule has 3 N–H and O–H groups in total. The van der Waals surface area contributed by atoms with E-state index in [4.69, 9.17) is 14.2 Å². The van der Waals surface area contributed by atoms with E-state index in [1.165, 1.54) is 0 Å². The molecule has 2 aromatic rings. The largest absolute Gasteiger partial charge is 0.490 e. The standard InChI is InChI=1S/C25H33N3O6/c1-5-32-20-8-6-7-9-21(20)33-17-23(30)27-16-18-10-12-19(13-11-18)28-22(29)14-15-26-24(31)34-25(2,3)4/h6-13H,5,14-17H2,1-4H3,(H,26,31)(H,27,30)(H,28,29). The summed E-state index contributed by atoms with van der Waals surface area (Å²) >= 11 is 0. The molecule has 0 aliphatic carbocycles. The average Bonchev–Trinajstić information content (AvgIpc) is 2.77. The Morgan fingerprint density at radius 1 is 0.853 bits per heavy atom. The Morgan fingerprint density at radius 2 is 1.50 bits per heavy atom. The molecule has 3 amide bonds. The zero-order valence-electron chi connectivity index (χ0n) is 20.1. The molecule has 0 saturated carbocycles. The summed E-state index contributed by atoms with van der Waals surface area (Å²) in [4.78, 5) is 35.8. The number of anilines is 1. The van der Waals surface area contributed by atoms with Gasteiger partial charge in [-0.05, 0) is 57.5 Å². The van der Waals surface area contributed by atoms with E-state index in [0.29, 0.717) is 30.3 Å². The summed E-state index contributed by atoms with van der Waals surface area (Å²) in [5.41, 5.74) is 0.899. The van der Waals surface area contributed by atoms with Crippen molar-refractivity contribution < 1.29 is 28.6 Å². The summed E-state index contributed by atoms with van der Waals surface area (Å²) < 4.78 is 16.1. The molecule has 0 aromatic heterocycles. The van der Waals surface area contributed by atoms with Gasteiger partial charge in [0.2, 0.25) is 5.91 Å². The second-order valence-electron chi connectivity index (χ2n) is 8.37. The zero-order valence-corrected chi connectivity index (χ0v) is 20.1. The Balaban J connectivity index is 1.70. The number of benzene rings is 2. The van der Waals surface area contributed by atoms with Gasteiger partial charge in [0.25, 0.3) is 5.91 Å². The number of nitrogens with one attached hydrogen (secondary N) is 3. The summed E-state index contributed by atoms with van der Waals surface area (Å²) in [6, 6.07) is 14.3. The summed E-state index contributed by atoms with van der Waals surface area (Å²) in [6.45, 7) is 8.05. The molecule has 0 saturated heterocycles. The minimum absolute atomic E-state index is 0.115. The third-order valence-electron chi connectivity index (χ3n) is 4.26. The van der Waals surface area contributed by atoms with Gasteiger partial charge in [-0.25, -0.2) is 4.79 Å². The minimum Gasteiger partial charge on any atom is -0.490 e. The first-order chi connectivity index (χ1) is 16.2. The van der Waals surface area contributed by atoms with Gasteiger partial charge in [0.15, 0.2) is 18.1 Å². The van der Waals surface area contributed by atoms with E-state index in [1.54, 1.807) is 57.2 Å². The second kappa shape index (κ2) is 13.1. The van der Waals surface area contributed by atoms with Crippen LogP contribution >= 0.6 is 0 Å². The molecule has 9 nitrogen and oxygen atoms in total. The quantitative estimate of drug-likeness (QED) is 0.461. The summed E-state index contributed by atoms with van der Waals surface area (Å²) in [7, 11) is 0. The van der Waals surface area contributed by atoms with Crippen molar-refractivity contribution in [2.75, 3.05) is 25.1 Å².